The molecule has 1 rings (SSSR count). The van der Waals surface area contributed by atoms with Crippen molar-refractivity contribution in [3.63, 3.8) is 0 Å². The maximum atomic E-state index is 2.39. The van der Waals surface area contributed by atoms with Gasteiger partial charge in [0, 0.05) is 0 Å². The van der Waals surface area contributed by atoms with Crippen molar-refractivity contribution in [1.29, 1.82) is 0 Å². The number of allylic oxidation sites excluding steroid dienone is 4. The van der Waals surface area contributed by atoms with Crippen LogP contribution in [0.1, 0.15) is 40.5 Å². The van der Waals surface area contributed by atoms with Gasteiger partial charge in [-0.15, -0.1) is 0 Å². The molecule has 13 heavy (non-hydrogen) atoms. The Morgan fingerprint density at radius 1 is 1.31 bits per heavy atom. The monoisotopic (exact) mass is 178 g/mol. The summed E-state index contributed by atoms with van der Waals surface area (Å²) in [5, 5.41) is 0. The molecule has 0 aromatic carbocycles. The molecule has 0 aliphatic heterocycles. The summed E-state index contributed by atoms with van der Waals surface area (Å²) in [7, 11) is 0. The van der Waals surface area contributed by atoms with E-state index in [2.05, 4.69) is 45.9 Å². The topological polar surface area (TPSA) is 0 Å². The molecule has 74 valence electrons. The second kappa shape index (κ2) is 4.64. The molecule has 0 bridgehead atoms. The van der Waals surface area contributed by atoms with E-state index in [1.54, 1.807) is 5.57 Å². The van der Waals surface area contributed by atoms with E-state index >= 15 is 0 Å². The molecule has 0 saturated carbocycles. The fourth-order valence-electron chi connectivity index (χ4n) is 2.00. The largest absolute Gasteiger partial charge is 0.0805 e. The molecule has 0 heteroatoms. The van der Waals surface area contributed by atoms with E-state index < -0.39 is 0 Å². The average molecular weight is 178 g/mol. The molecule has 0 radical (unpaired) electrons. The van der Waals surface area contributed by atoms with Crippen LogP contribution < -0.4 is 0 Å². The van der Waals surface area contributed by atoms with Crippen molar-refractivity contribution in [3.8, 4) is 0 Å². The van der Waals surface area contributed by atoms with E-state index in [1.807, 2.05) is 0 Å². The summed E-state index contributed by atoms with van der Waals surface area (Å²) >= 11 is 0. The van der Waals surface area contributed by atoms with Gasteiger partial charge in [0.15, 0.2) is 0 Å². The van der Waals surface area contributed by atoms with E-state index in [1.165, 1.54) is 12.8 Å². The van der Waals surface area contributed by atoms with Gasteiger partial charge in [-0.25, -0.2) is 0 Å². The quantitative estimate of drug-likeness (QED) is 0.605. The highest BCUT2D eigenvalue weighted by molar-refractivity contribution is 5.25. The lowest BCUT2D eigenvalue weighted by molar-refractivity contribution is 0.300. The minimum Gasteiger partial charge on any atom is -0.0805 e. The summed E-state index contributed by atoms with van der Waals surface area (Å²) in [6.45, 7) is 9.41. The van der Waals surface area contributed by atoms with Gasteiger partial charge in [-0.1, -0.05) is 57.9 Å². The van der Waals surface area contributed by atoms with Gasteiger partial charge in [-0.05, 0) is 24.2 Å². The highest BCUT2D eigenvalue weighted by atomic mass is 14.3. The van der Waals surface area contributed by atoms with Gasteiger partial charge >= 0.3 is 0 Å². The van der Waals surface area contributed by atoms with Crippen LogP contribution in [0, 0.1) is 17.8 Å². The molecule has 0 saturated heterocycles. The predicted octanol–water partition coefficient (Wildman–Crippen LogP) is 4.19. The standard InChI is InChI=1S/C13H22/c1-5-10(2)11(3)12(4)13-8-6-7-9-13/h6-8,10-12H,5,9H2,1-4H3. The summed E-state index contributed by atoms with van der Waals surface area (Å²) in [6, 6.07) is 0. The SMILES string of the molecule is CCC(C)C(C)C(C)C1=CC=CC1. The van der Waals surface area contributed by atoms with Gasteiger partial charge in [0.05, 0.1) is 0 Å². The van der Waals surface area contributed by atoms with Gasteiger partial charge < -0.3 is 0 Å². The first-order chi connectivity index (χ1) is 6.16. The first kappa shape index (κ1) is 10.6. The molecule has 0 fully saturated rings. The first-order valence-corrected chi connectivity index (χ1v) is 5.52. The molecule has 0 heterocycles. The molecule has 0 spiro atoms. The summed E-state index contributed by atoms with van der Waals surface area (Å²) in [6.07, 6.45) is 9.22. The number of rotatable bonds is 4. The lowest BCUT2D eigenvalue weighted by Crippen LogP contribution is -2.17. The summed E-state index contributed by atoms with van der Waals surface area (Å²) in [5.41, 5.74) is 1.62. The first-order valence-electron chi connectivity index (χ1n) is 5.52. The third-order valence-electron chi connectivity index (χ3n) is 3.71. The van der Waals surface area contributed by atoms with E-state index in [0.717, 1.165) is 17.8 Å². The maximum Gasteiger partial charge on any atom is -0.0130 e. The average Bonchev–Trinajstić information content (AvgIpc) is 2.67. The Balaban J connectivity index is 2.51. The minimum atomic E-state index is 0.755. The smallest absolute Gasteiger partial charge is 0.0130 e. The van der Waals surface area contributed by atoms with Crippen molar-refractivity contribution in [2.24, 2.45) is 17.8 Å². The van der Waals surface area contributed by atoms with Crippen LogP contribution in [0.4, 0.5) is 0 Å². The molecule has 1 aliphatic carbocycles. The van der Waals surface area contributed by atoms with E-state index in [0.29, 0.717) is 0 Å². The zero-order valence-electron chi connectivity index (χ0n) is 9.38. The minimum absolute atomic E-state index is 0.755. The Labute approximate surface area is 82.7 Å². The molecule has 0 aromatic rings. The lowest BCUT2D eigenvalue weighted by Gasteiger charge is -2.26. The lowest BCUT2D eigenvalue weighted by atomic mass is 9.79. The summed E-state index contributed by atoms with van der Waals surface area (Å²) < 4.78 is 0. The molecule has 0 amide bonds. The van der Waals surface area contributed by atoms with Crippen molar-refractivity contribution >= 4 is 0 Å². The van der Waals surface area contributed by atoms with Crippen LogP contribution in [0.3, 0.4) is 0 Å². The van der Waals surface area contributed by atoms with Crippen LogP contribution in [0.5, 0.6) is 0 Å². The van der Waals surface area contributed by atoms with Crippen LogP contribution >= 0.6 is 0 Å². The zero-order chi connectivity index (χ0) is 9.84. The number of hydrogen-bond acceptors (Lipinski definition) is 0. The highest BCUT2D eigenvalue weighted by Gasteiger charge is 2.20. The molecule has 0 N–H and O–H groups in total. The fourth-order valence-corrected chi connectivity index (χ4v) is 2.00. The van der Waals surface area contributed by atoms with E-state index in [-0.39, 0.29) is 0 Å². The van der Waals surface area contributed by atoms with Crippen LogP contribution in [-0.4, -0.2) is 0 Å². The van der Waals surface area contributed by atoms with E-state index in [9.17, 15) is 0 Å². The molecular formula is C13H22. The molecule has 1 aliphatic rings. The third-order valence-corrected chi connectivity index (χ3v) is 3.71. The normalized spacial score (nSPS) is 22.6. The Bertz CT molecular complexity index is 210. The Morgan fingerprint density at radius 2 is 2.00 bits per heavy atom. The Kier molecular flexibility index (Phi) is 3.77. The van der Waals surface area contributed by atoms with Crippen LogP contribution in [0.2, 0.25) is 0 Å². The Morgan fingerprint density at radius 3 is 2.46 bits per heavy atom. The fraction of sp³-hybridized carbons (Fsp3) is 0.692. The van der Waals surface area contributed by atoms with Gasteiger partial charge in [0.25, 0.3) is 0 Å². The molecule has 3 atom stereocenters. The number of hydrogen-bond donors (Lipinski definition) is 0. The maximum absolute atomic E-state index is 2.39. The molecule has 3 unspecified atom stereocenters. The van der Waals surface area contributed by atoms with Gasteiger partial charge in [0.1, 0.15) is 0 Å². The Hall–Kier alpha value is -0.520. The summed E-state index contributed by atoms with van der Waals surface area (Å²) in [4.78, 5) is 0. The van der Waals surface area contributed by atoms with Crippen molar-refractivity contribution in [3.05, 3.63) is 23.8 Å². The van der Waals surface area contributed by atoms with Gasteiger partial charge in [0.2, 0.25) is 0 Å². The highest BCUT2D eigenvalue weighted by Crippen LogP contribution is 2.31. The molecule has 0 aromatic heterocycles. The van der Waals surface area contributed by atoms with Crippen molar-refractivity contribution in [1.82, 2.24) is 0 Å². The van der Waals surface area contributed by atoms with Crippen LogP contribution in [0.15, 0.2) is 23.8 Å². The van der Waals surface area contributed by atoms with Gasteiger partial charge in [-0.2, -0.15) is 0 Å². The van der Waals surface area contributed by atoms with Crippen LogP contribution in [0.25, 0.3) is 0 Å². The van der Waals surface area contributed by atoms with Crippen LogP contribution in [-0.2, 0) is 0 Å². The molecular weight excluding hydrogens is 156 g/mol. The summed E-state index contributed by atoms with van der Waals surface area (Å²) in [5.74, 6) is 2.41. The van der Waals surface area contributed by atoms with E-state index in [4.69, 9.17) is 0 Å². The third kappa shape index (κ3) is 2.46. The molecule has 0 nitrogen and oxygen atoms in total. The van der Waals surface area contributed by atoms with Crippen molar-refractivity contribution in [2.45, 2.75) is 40.5 Å². The second-order valence-electron chi connectivity index (χ2n) is 4.41. The van der Waals surface area contributed by atoms with Crippen molar-refractivity contribution in [2.75, 3.05) is 0 Å². The van der Waals surface area contributed by atoms with Gasteiger partial charge in [-0.3, -0.25) is 0 Å². The van der Waals surface area contributed by atoms with Crippen molar-refractivity contribution < 1.29 is 0 Å². The zero-order valence-corrected chi connectivity index (χ0v) is 9.38. The predicted molar refractivity (Wildman–Crippen MR) is 59.6 cm³/mol. The second-order valence-corrected chi connectivity index (χ2v) is 4.41.